The van der Waals surface area contributed by atoms with E-state index in [-0.39, 0.29) is 5.69 Å². The molecule has 1 aliphatic rings. The summed E-state index contributed by atoms with van der Waals surface area (Å²) < 4.78 is 27.6. The molecule has 0 spiro atoms. The zero-order valence-electron chi connectivity index (χ0n) is 15.9. The Labute approximate surface area is 173 Å². The second kappa shape index (κ2) is 8.41. The van der Waals surface area contributed by atoms with Gasteiger partial charge in [-0.15, -0.1) is 0 Å². The lowest BCUT2D eigenvalue weighted by molar-refractivity contribution is 0.147. The van der Waals surface area contributed by atoms with Crippen LogP contribution in [0.5, 0.6) is 0 Å². The highest BCUT2D eigenvalue weighted by atomic mass is 35.5. The van der Waals surface area contributed by atoms with Crippen LogP contribution in [-0.2, 0) is 0 Å². The predicted octanol–water partition coefficient (Wildman–Crippen LogP) is 5.91. The number of pyridine rings is 1. The molecule has 3 aromatic rings. The number of hydrogen-bond acceptors (Lipinski definition) is 3. The van der Waals surface area contributed by atoms with Crippen LogP contribution >= 0.6 is 11.6 Å². The predicted molar refractivity (Wildman–Crippen MR) is 113 cm³/mol. The Kier molecular flexibility index (Phi) is 5.72. The summed E-state index contributed by atoms with van der Waals surface area (Å²) in [6.07, 6.45) is 2.82. The molecule has 1 saturated carbocycles. The van der Waals surface area contributed by atoms with E-state index in [0.29, 0.717) is 22.8 Å². The molecule has 152 valence electrons. The number of fused-ring (bicyclic) bond motifs is 1. The normalized spacial score (nSPS) is 19.4. The van der Waals surface area contributed by atoms with Gasteiger partial charge in [0.1, 0.15) is 17.2 Å². The number of anilines is 1. The van der Waals surface area contributed by atoms with Gasteiger partial charge >= 0.3 is 0 Å². The highest BCUT2D eigenvalue weighted by Crippen LogP contribution is 2.26. The average Bonchev–Trinajstić information content (AvgIpc) is 3.16. The van der Waals surface area contributed by atoms with Crippen molar-refractivity contribution in [1.82, 2.24) is 14.7 Å². The number of alkyl halides is 2. The maximum absolute atomic E-state index is 13.0. The van der Waals surface area contributed by atoms with Gasteiger partial charge in [-0.25, -0.2) is 13.8 Å². The van der Waals surface area contributed by atoms with Crippen molar-refractivity contribution in [2.45, 2.75) is 44.2 Å². The Morgan fingerprint density at radius 2 is 1.76 bits per heavy atom. The molecular weight excluding hydrogens is 394 g/mol. The fourth-order valence-electron chi connectivity index (χ4n) is 3.82. The second-order valence-electron chi connectivity index (χ2n) is 7.43. The molecule has 0 amide bonds. The first-order chi connectivity index (χ1) is 14.0. The van der Waals surface area contributed by atoms with Crippen molar-refractivity contribution in [3.63, 3.8) is 0 Å². The third-order valence-electron chi connectivity index (χ3n) is 5.38. The second-order valence-corrected chi connectivity index (χ2v) is 7.86. The summed E-state index contributed by atoms with van der Waals surface area (Å²) in [6, 6.07) is 13.8. The van der Waals surface area contributed by atoms with Gasteiger partial charge in [0, 0.05) is 29.0 Å². The van der Waals surface area contributed by atoms with Crippen molar-refractivity contribution in [3.05, 3.63) is 71.5 Å². The van der Waals surface area contributed by atoms with Crippen LogP contribution in [0.2, 0.25) is 5.02 Å². The smallest absolute Gasteiger partial charge is 0.281 e. The van der Waals surface area contributed by atoms with Gasteiger partial charge < -0.3 is 10.6 Å². The third-order valence-corrected chi connectivity index (χ3v) is 5.64. The molecule has 0 atom stereocenters. The average molecular weight is 417 g/mol. The molecular formula is C22H23ClF2N4. The van der Waals surface area contributed by atoms with E-state index in [1.165, 1.54) is 6.20 Å². The quantitative estimate of drug-likeness (QED) is 0.525. The highest BCUT2D eigenvalue weighted by Gasteiger charge is 2.22. The van der Waals surface area contributed by atoms with Crippen LogP contribution in [0.15, 0.2) is 55.2 Å². The zero-order chi connectivity index (χ0) is 20.4. The molecule has 29 heavy (non-hydrogen) atoms. The summed E-state index contributed by atoms with van der Waals surface area (Å²) >= 11 is 5.94. The first-order valence-corrected chi connectivity index (χ1v) is 10.1. The Morgan fingerprint density at radius 1 is 1.07 bits per heavy atom. The van der Waals surface area contributed by atoms with Crippen LogP contribution in [-0.4, -0.2) is 21.5 Å². The van der Waals surface area contributed by atoms with Gasteiger partial charge in [-0.2, -0.15) is 0 Å². The molecule has 4 rings (SSSR count). The molecule has 2 aromatic heterocycles. The standard InChI is InChI=1S/C22H23ClF2N4/c1-14(15-5-7-16(23)8-6-15)26-17-9-11-18(12-10-17)27-20-3-2-4-21-28-19(22(24)25)13-29(20)21/h2-8,13,17-18,22,26-27H,1,9-12H2. The number of nitrogens with one attached hydrogen (secondary N) is 2. The fraction of sp³-hybridized carbons (Fsp3) is 0.318. The lowest BCUT2D eigenvalue weighted by atomic mass is 9.90. The van der Waals surface area contributed by atoms with E-state index >= 15 is 0 Å². The number of aromatic nitrogens is 2. The van der Waals surface area contributed by atoms with Crippen molar-refractivity contribution in [1.29, 1.82) is 0 Å². The summed E-state index contributed by atoms with van der Waals surface area (Å²) in [6.45, 7) is 4.14. The monoisotopic (exact) mass is 416 g/mol. The molecule has 0 aliphatic heterocycles. The Morgan fingerprint density at radius 3 is 2.45 bits per heavy atom. The summed E-state index contributed by atoms with van der Waals surface area (Å²) in [5.74, 6) is 0.795. The van der Waals surface area contributed by atoms with Crippen LogP contribution in [0.25, 0.3) is 11.3 Å². The fourth-order valence-corrected chi connectivity index (χ4v) is 3.95. The minimum absolute atomic E-state index is 0.201. The maximum Gasteiger partial charge on any atom is 0.281 e. The number of benzene rings is 1. The van der Waals surface area contributed by atoms with E-state index in [4.69, 9.17) is 11.6 Å². The van der Waals surface area contributed by atoms with Crippen molar-refractivity contribution >= 4 is 28.8 Å². The lowest BCUT2D eigenvalue weighted by Gasteiger charge is -2.31. The molecule has 4 nitrogen and oxygen atoms in total. The van der Waals surface area contributed by atoms with Gasteiger partial charge in [0.05, 0.1) is 0 Å². The Bertz CT molecular complexity index is 992. The molecule has 0 saturated heterocycles. The van der Waals surface area contributed by atoms with Crippen LogP contribution in [0.3, 0.4) is 0 Å². The first kappa shape index (κ1) is 19.7. The molecule has 1 fully saturated rings. The van der Waals surface area contributed by atoms with Crippen LogP contribution < -0.4 is 10.6 Å². The summed E-state index contributed by atoms with van der Waals surface area (Å²) in [4.78, 5) is 3.99. The van der Waals surface area contributed by atoms with Crippen LogP contribution in [0.1, 0.15) is 43.4 Å². The van der Waals surface area contributed by atoms with Gasteiger partial charge in [0.15, 0.2) is 0 Å². The number of imidazole rings is 1. The molecule has 2 heterocycles. The van der Waals surface area contributed by atoms with Gasteiger partial charge in [-0.05, 0) is 55.5 Å². The number of hydrogen-bond donors (Lipinski definition) is 2. The summed E-state index contributed by atoms with van der Waals surface area (Å²) in [5, 5.41) is 7.73. The van der Waals surface area contributed by atoms with E-state index in [1.54, 1.807) is 10.5 Å². The van der Waals surface area contributed by atoms with E-state index in [1.807, 2.05) is 36.4 Å². The topological polar surface area (TPSA) is 41.4 Å². The molecule has 1 aliphatic carbocycles. The van der Waals surface area contributed by atoms with E-state index in [2.05, 4.69) is 22.2 Å². The Balaban J connectivity index is 1.35. The third kappa shape index (κ3) is 4.53. The number of rotatable bonds is 6. The molecule has 0 unspecified atom stereocenters. The minimum Gasteiger partial charge on any atom is -0.382 e. The van der Waals surface area contributed by atoms with E-state index < -0.39 is 6.43 Å². The van der Waals surface area contributed by atoms with E-state index in [0.717, 1.165) is 42.8 Å². The van der Waals surface area contributed by atoms with Crippen molar-refractivity contribution < 1.29 is 8.78 Å². The van der Waals surface area contributed by atoms with Gasteiger partial charge in [-0.1, -0.05) is 36.4 Å². The first-order valence-electron chi connectivity index (χ1n) is 9.73. The largest absolute Gasteiger partial charge is 0.382 e. The van der Waals surface area contributed by atoms with Crippen LogP contribution in [0.4, 0.5) is 14.6 Å². The van der Waals surface area contributed by atoms with Crippen molar-refractivity contribution in [2.75, 3.05) is 5.32 Å². The minimum atomic E-state index is -2.57. The maximum atomic E-state index is 13.0. The molecule has 0 bridgehead atoms. The highest BCUT2D eigenvalue weighted by molar-refractivity contribution is 6.30. The van der Waals surface area contributed by atoms with Crippen molar-refractivity contribution in [2.24, 2.45) is 0 Å². The summed E-state index contributed by atoms with van der Waals surface area (Å²) in [5.41, 5.74) is 2.27. The SMILES string of the molecule is C=C(NC1CCC(Nc2cccc3nc(C(F)F)cn23)CC1)c1ccc(Cl)cc1. The lowest BCUT2D eigenvalue weighted by Crippen LogP contribution is -2.36. The molecule has 2 N–H and O–H groups in total. The number of halogens is 3. The number of nitrogens with zero attached hydrogens (tertiary/aromatic N) is 2. The van der Waals surface area contributed by atoms with Gasteiger partial charge in [0.2, 0.25) is 0 Å². The Hall–Kier alpha value is -2.60. The van der Waals surface area contributed by atoms with E-state index in [9.17, 15) is 8.78 Å². The molecule has 7 heteroatoms. The van der Waals surface area contributed by atoms with Crippen LogP contribution in [0, 0.1) is 0 Å². The summed E-state index contributed by atoms with van der Waals surface area (Å²) in [7, 11) is 0. The zero-order valence-corrected chi connectivity index (χ0v) is 16.7. The molecule has 0 radical (unpaired) electrons. The van der Waals surface area contributed by atoms with Crippen molar-refractivity contribution in [3.8, 4) is 0 Å². The molecule has 1 aromatic carbocycles. The van der Waals surface area contributed by atoms with Gasteiger partial charge in [-0.3, -0.25) is 4.40 Å². The van der Waals surface area contributed by atoms with Gasteiger partial charge in [0.25, 0.3) is 6.43 Å².